The Balaban J connectivity index is 0.000000705. The molecule has 2 N–H and O–H groups in total. The summed E-state index contributed by atoms with van der Waals surface area (Å²) in [5, 5.41) is 20.3. The Morgan fingerprint density at radius 3 is 2.42 bits per heavy atom. The van der Waals surface area contributed by atoms with Crippen LogP contribution in [0.25, 0.3) is 28.2 Å². The zero-order chi connectivity index (χ0) is 38.8. The molecule has 0 spiro atoms. The minimum Gasteiger partial charge on any atom is -0.475 e. The van der Waals surface area contributed by atoms with Crippen LogP contribution in [0.1, 0.15) is 56.6 Å². The molecule has 2 bridgehead atoms. The number of alkyl halides is 7. The van der Waals surface area contributed by atoms with Crippen molar-refractivity contribution in [2.45, 2.75) is 51.4 Å². The summed E-state index contributed by atoms with van der Waals surface area (Å²) in [5.41, 5.74) is -1.05. The number of rotatable bonds is 5. The van der Waals surface area contributed by atoms with Crippen molar-refractivity contribution in [2.24, 2.45) is 5.92 Å². The molecule has 5 aromatic rings. The molecule has 4 aromatic heterocycles. The number of fused-ring (bicyclic) bond motifs is 4. The van der Waals surface area contributed by atoms with Crippen LogP contribution >= 0.6 is 11.6 Å². The van der Waals surface area contributed by atoms with Crippen LogP contribution in [0.4, 0.5) is 40.8 Å². The van der Waals surface area contributed by atoms with Gasteiger partial charge in [0, 0.05) is 23.7 Å². The minimum atomic E-state index is -5.08. The van der Waals surface area contributed by atoms with E-state index in [0.29, 0.717) is 29.6 Å². The van der Waals surface area contributed by atoms with E-state index < -0.39 is 54.2 Å². The summed E-state index contributed by atoms with van der Waals surface area (Å²) in [6, 6.07) is 5.85. The third-order valence-corrected chi connectivity index (χ3v) is 8.21. The lowest BCUT2D eigenvalue weighted by Crippen LogP contribution is -2.27. The predicted octanol–water partition coefficient (Wildman–Crippen LogP) is 6.86. The fourth-order valence-corrected chi connectivity index (χ4v) is 5.51. The standard InChI is InChI=1S/C29H23ClF5N9O2.C2HF3O2/c1-14-3-2-4-21(17-9-15(7-8-36-17)26-19(39-28(14)46)11-38-44(26)29(34)35)42-13-37-18(10-23(42)45)24-22(6-5-16(30)25(24)31)43-12-20(27(32)33)40-41-43;3-2(4,5)1(6)7/h5-14,21,27,29H,2-4H2,1H3,(H,39,46);(H,6,7)/t14-,21+;/m1./s1. The first kappa shape index (κ1) is 38.5. The smallest absolute Gasteiger partial charge is 0.475 e. The monoisotopic (exact) mass is 773 g/mol. The molecule has 2 atom stereocenters. The van der Waals surface area contributed by atoms with Gasteiger partial charge in [-0.05, 0) is 37.1 Å². The van der Waals surface area contributed by atoms with Gasteiger partial charge in [0.1, 0.15) is 5.69 Å². The number of carboxylic acid groups (broad SMARTS) is 1. The van der Waals surface area contributed by atoms with Crippen molar-refractivity contribution >= 4 is 29.2 Å². The van der Waals surface area contributed by atoms with Gasteiger partial charge in [0.25, 0.3) is 12.0 Å². The van der Waals surface area contributed by atoms with Gasteiger partial charge in [-0.2, -0.15) is 27.1 Å². The highest BCUT2D eigenvalue weighted by Gasteiger charge is 2.38. The first-order valence-electron chi connectivity index (χ1n) is 15.2. The highest BCUT2D eigenvalue weighted by molar-refractivity contribution is 6.31. The maximum absolute atomic E-state index is 15.4. The number of nitrogens with zero attached hydrogens (tertiary/aromatic N) is 8. The fraction of sp³-hybridized carbons (Fsp3) is 0.290. The van der Waals surface area contributed by atoms with E-state index in [2.05, 4.69) is 30.7 Å². The molecule has 53 heavy (non-hydrogen) atoms. The number of nitrogens with one attached hydrogen (secondary N) is 1. The Labute approximate surface area is 296 Å². The molecule has 5 heterocycles. The second-order valence-electron chi connectivity index (χ2n) is 11.4. The third-order valence-electron chi connectivity index (χ3n) is 7.92. The van der Waals surface area contributed by atoms with Crippen LogP contribution in [-0.2, 0) is 9.59 Å². The Hall–Kier alpha value is -5.73. The number of aliphatic carboxylic acids is 1. The molecule has 1 aromatic carbocycles. The van der Waals surface area contributed by atoms with E-state index in [1.165, 1.54) is 41.4 Å². The van der Waals surface area contributed by atoms with Crippen LogP contribution in [-0.4, -0.2) is 62.5 Å². The van der Waals surface area contributed by atoms with E-state index >= 15 is 4.39 Å². The van der Waals surface area contributed by atoms with Gasteiger partial charge in [-0.15, -0.1) is 5.10 Å². The number of hydrogen-bond acceptors (Lipinski definition) is 8. The molecule has 0 radical (unpaired) electrons. The van der Waals surface area contributed by atoms with Crippen molar-refractivity contribution in [3.63, 3.8) is 0 Å². The summed E-state index contributed by atoms with van der Waals surface area (Å²) >= 11 is 6.04. The zero-order valence-electron chi connectivity index (χ0n) is 26.8. The number of hydrogen-bond donors (Lipinski definition) is 2. The summed E-state index contributed by atoms with van der Waals surface area (Å²) < 4.78 is 104. The molecular formula is C31H24ClF8N9O4. The van der Waals surface area contributed by atoms with Crippen LogP contribution in [0.15, 0.2) is 60.0 Å². The molecule has 1 aliphatic heterocycles. The molecule has 6 rings (SSSR count). The number of carbonyl (C=O) groups is 2. The molecule has 13 nitrogen and oxygen atoms in total. The molecule has 280 valence electrons. The second-order valence-corrected chi connectivity index (χ2v) is 11.8. The lowest BCUT2D eigenvalue weighted by Gasteiger charge is -2.22. The average Bonchev–Trinajstić information content (AvgIpc) is 3.76. The van der Waals surface area contributed by atoms with Crippen molar-refractivity contribution in [3.8, 4) is 28.2 Å². The summed E-state index contributed by atoms with van der Waals surface area (Å²) in [7, 11) is 0. The molecule has 0 fully saturated rings. The lowest BCUT2D eigenvalue weighted by molar-refractivity contribution is -0.192. The highest BCUT2D eigenvalue weighted by atomic mass is 35.5. The number of aromatic nitrogens is 8. The largest absolute Gasteiger partial charge is 0.490 e. The number of pyridine rings is 1. The molecule has 1 aliphatic rings. The van der Waals surface area contributed by atoms with Gasteiger partial charge in [-0.25, -0.2) is 32.3 Å². The number of carbonyl (C=O) groups excluding carboxylic acids is 1. The van der Waals surface area contributed by atoms with Gasteiger partial charge in [0.05, 0.1) is 63.8 Å². The summed E-state index contributed by atoms with van der Waals surface area (Å²) in [6.45, 7) is -1.31. The van der Waals surface area contributed by atoms with Crippen LogP contribution < -0.4 is 10.9 Å². The van der Waals surface area contributed by atoms with E-state index in [9.17, 15) is 40.3 Å². The predicted molar refractivity (Wildman–Crippen MR) is 169 cm³/mol. The maximum atomic E-state index is 15.4. The van der Waals surface area contributed by atoms with E-state index in [-0.39, 0.29) is 44.8 Å². The topological polar surface area (TPSA) is 163 Å². The van der Waals surface area contributed by atoms with Crippen LogP contribution in [0, 0.1) is 11.7 Å². The number of amides is 1. The first-order valence-corrected chi connectivity index (χ1v) is 15.6. The summed E-state index contributed by atoms with van der Waals surface area (Å²) in [4.78, 5) is 44.2. The third kappa shape index (κ3) is 8.34. The van der Waals surface area contributed by atoms with E-state index in [1.54, 1.807) is 6.92 Å². The summed E-state index contributed by atoms with van der Waals surface area (Å²) in [5.74, 6) is -4.60. The van der Waals surface area contributed by atoms with Gasteiger partial charge in [-0.3, -0.25) is 19.1 Å². The Kier molecular flexibility index (Phi) is 11.2. The van der Waals surface area contributed by atoms with Crippen molar-refractivity contribution in [3.05, 3.63) is 87.8 Å². The van der Waals surface area contributed by atoms with E-state index in [1.807, 2.05) is 0 Å². The summed E-state index contributed by atoms with van der Waals surface area (Å²) in [6.07, 6.45) is -2.18. The van der Waals surface area contributed by atoms with Crippen molar-refractivity contribution < 1.29 is 49.8 Å². The van der Waals surface area contributed by atoms with Gasteiger partial charge in [0.2, 0.25) is 5.91 Å². The van der Waals surface area contributed by atoms with Crippen LogP contribution in [0.2, 0.25) is 5.02 Å². The molecule has 0 saturated heterocycles. The van der Waals surface area contributed by atoms with Gasteiger partial charge >= 0.3 is 18.7 Å². The molecule has 22 heteroatoms. The molecule has 0 saturated carbocycles. The van der Waals surface area contributed by atoms with Gasteiger partial charge < -0.3 is 10.4 Å². The van der Waals surface area contributed by atoms with Gasteiger partial charge in [-0.1, -0.05) is 30.2 Å². The Morgan fingerprint density at radius 1 is 1.08 bits per heavy atom. The van der Waals surface area contributed by atoms with Crippen molar-refractivity contribution in [2.75, 3.05) is 5.32 Å². The Morgan fingerprint density at radius 2 is 1.79 bits per heavy atom. The van der Waals surface area contributed by atoms with Crippen molar-refractivity contribution in [1.82, 2.24) is 39.3 Å². The lowest BCUT2D eigenvalue weighted by atomic mass is 9.97. The average molecular weight is 774 g/mol. The first-order chi connectivity index (χ1) is 25.0. The maximum Gasteiger partial charge on any atom is 0.490 e. The number of carboxylic acids is 1. The normalized spacial score (nSPS) is 16.3. The van der Waals surface area contributed by atoms with E-state index in [4.69, 9.17) is 21.5 Å². The van der Waals surface area contributed by atoms with Crippen molar-refractivity contribution in [1.29, 1.82) is 0 Å². The fourth-order valence-electron chi connectivity index (χ4n) is 5.35. The molecule has 0 unspecified atom stereocenters. The number of anilines is 1. The molecule has 1 amide bonds. The van der Waals surface area contributed by atoms with Gasteiger partial charge in [0.15, 0.2) is 5.82 Å². The van der Waals surface area contributed by atoms with Crippen LogP contribution in [0.3, 0.4) is 0 Å². The quantitative estimate of drug-likeness (QED) is 0.182. The van der Waals surface area contributed by atoms with E-state index in [0.717, 1.165) is 23.1 Å². The minimum absolute atomic E-state index is 0.0357. The zero-order valence-corrected chi connectivity index (χ0v) is 27.5. The second kappa shape index (κ2) is 15.5. The Bertz CT molecular complexity index is 2210. The van der Waals surface area contributed by atoms with Crippen LogP contribution in [0.5, 0.6) is 0 Å². The number of halogens is 9. The highest BCUT2D eigenvalue weighted by Crippen LogP contribution is 2.36. The SMILES string of the molecule is C[C@@H]1CCC[C@H](n2cnc(-c3c(-n4cc(C(F)F)nn4)ccc(Cl)c3F)cc2=O)c2cc(ccn2)-c2c(cnn2C(F)F)NC1=O.O=C(O)C(F)(F)F. The molecule has 0 aliphatic carbocycles. The molecular weight excluding hydrogens is 750 g/mol. The number of benzene rings is 1.